The molecule has 5 heteroatoms. The first-order chi connectivity index (χ1) is 7.08. The van der Waals surface area contributed by atoms with Crippen LogP contribution < -0.4 is 5.32 Å². The zero-order valence-corrected chi connectivity index (χ0v) is 10.4. The third kappa shape index (κ3) is 5.19. The molecule has 84 valence electrons. The van der Waals surface area contributed by atoms with Crippen molar-refractivity contribution >= 4 is 29.2 Å². The van der Waals surface area contributed by atoms with Crippen molar-refractivity contribution in [3.8, 4) is 0 Å². The van der Waals surface area contributed by atoms with Gasteiger partial charge in [-0.05, 0) is 12.3 Å². The van der Waals surface area contributed by atoms with Gasteiger partial charge in [-0.25, -0.2) is 9.97 Å². The van der Waals surface area contributed by atoms with E-state index in [0.29, 0.717) is 23.4 Å². The highest BCUT2D eigenvalue weighted by Crippen LogP contribution is 2.11. The van der Waals surface area contributed by atoms with E-state index in [4.69, 9.17) is 23.2 Å². The predicted octanol–water partition coefficient (Wildman–Crippen LogP) is 3.20. The normalized spacial score (nSPS) is 12.9. The molecule has 0 aliphatic heterocycles. The summed E-state index contributed by atoms with van der Waals surface area (Å²) in [5.74, 6) is 1.16. The van der Waals surface area contributed by atoms with Crippen LogP contribution in [0.2, 0.25) is 5.02 Å². The summed E-state index contributed by atoms with van der Waals surface area (Å²) in [6, 6.07) is 0. The summed E-state index contributed by atoms with van der Waals surface area (Å²) in [6.07, 6.45) is 4.09. The van der Waals surface area contributed by atoms with E-state index in [1.54, 1.807) is 12.4 Å². The first-order valence-corrected chi connectivity index (χ1v) is 5.75. The Morgan fingerprint density at radius 2 is 1.93 bits per heavy atom. The molecule has 1 atom stereocenters. The van der Waals surface area contributed by atoms with Gasteiger partial charge in [-0.1, -0.05) is 25.4 Å². The van der Waals surface area contributed by atoms with Crippen LogP contribution in [0.1, 0.15) is 20.3 Å². The lowest BCUT2D eigenvalue weighted by Crippen LogP contribution is -2.17. The van der Waals surface area contributed by atoms with Gasteiger partial charge in [0.15, 0.2) is 0 Å². The molecule has 0 fully saturated rings. The van der Waals surface area contributed by atoms with Crippen LogP contribution >= 0.6 is 23.2 Å². The Morgan fingerprint density at radius 3 is 2.47 bits per heavy atom. The van der Waals surface area contributed by atoms with Crippen molar-refractivity contribution in [2.45, 2.75) is 25.6 Å². The fraction of sp³-hybridized carbons (Fsp3) is 0.600. The first kappa shape index (κ1) is 12.5. The number of nitrogens with zero attached hydrogens (tertiary/aromatic N) is 2. The average molecular weight is 248 g/mol. The minimum absolute atomic E-state index is 0.101. The number of anilines is 1. The van der Waals surface area contributed by atoms with Crippen molar-refractivity contribution in [2.75, 3.05) is 11.9 Å². The van der Waals surface area contributed by atoms with Gasteiger partial charge in [0, 0.05) is 6.54 Å². The molecule has 1 heterocycles. The molecule has 15 heavy (non-hydrogen) atoms. The summed E-state index contributed by atoms with van der Waals surface area (Å²) in [5.41, 5.74) is 0. The molecule has 0 saturated carbocycles. The van der Waals surface area contributed by atoms with Gasteiger partial charge in [0.25, 0.3) is 0 Å². The minimum Gasteiger partial charge on any atom is -0.353 e. The first-order valence-electron chi connectivity index (χ1n) is 4.93. The molecule has 1 unspecified atom stereocenters. The van der Waals surface area contributed by atoms with E-state index in [1.165, 1.54) is 0 Å². The Hall–Kier alpha value is -0.540. The van der Waals surface area contributed by atoms with Crippen molar-refractivity contribution < 1.29 is 0 Å². The van der Waals surface area contributed by atoms with Crippen molar-refractivity contribution in [3.05, 3.63) is 17.4 Å². The molecule has 3 nitrogen and oxygen atoms in total. The van der Waals surface area contributed by atoms with Crippen LogP contribution in [0.25, 0.3) is 0 Å². The van der Waals surface area contributed by atoms with E-state index in [9.17, 15) is 0 Å². The second-order valence-electron chi connectivity index (χ2n) is 3.83. The smallest absolute Gasteiger partial charge is 0.222 e. The monoisotopic (exact) mass is 247 g/mol. The molecule has 0 aliphatic rings. The Bertz CT molecular complexity index is 287. The van der Waals surface area contributed by atoms with Crippen molar-refractivity contribution in [3.63, 3.8) is 0 Å². The average Bonchev–Trinajstić information content (AvgIpc) is 2.16. The van der Waals surface area contributed by atoms with Gasteiger partial charge in [0.05, 0.1) is 22.8 Å². The van der Waals surface area contributed by atoms with Crippen LogP contribution in [0.3, 0.4) is 0 Å². The molecule has 0 saturated heterocycles. The second kappa shape index (κ2) is 6.13. The minimum atomic E-state index is 0.101. The summed E-state index contributed by atoms with van der Waals surface area (Å²) >= 11 is 11.8. The summed E-state index contributed by atoms with van der Waals surface area (Å²) in [7, 11) is 0. The third-order valence-electron chi connectivity index (χ3n) is 1.83. The third-order valence-corrected chi connectivity index (χ3v) is 2.36. The van der Waals surface area contributed by atoms with Crippen LogP contribution in [0.4, 0.5) is 5.95 Å². The molecule has 1 aromatic heterocycles. The van der Waals surface area contributed by atoms with Crippen molar-refractivity contribution in [2.24, 2.45) is 5.92 Å². The Morgan fingerprint density at radius 1 is 1.33 bits per heavy atom. The van der Waals surface area contributed by atoms with Gasteiger partial charge >= 0.3 is 0 Å². The number of alkyl halides is 1. The molecule has 0 radical (unpaired) electrons. The van der Waals surface area contributed by atoms with E-state index >= 15 is 0 Å². The van der Waals surface area contributed by atoms with Gasteiger partial charge in [-0.15, -0.1) is 11.6 Å². The number of hydrogen-bond acceptors (Lipinski definition) is 3. The summed E-state index contributed by atoms with van der Waals surface area (Å²) in [4.78, 5) is 8.03. The molecule has 0 amide bonds. The van der Waals surface area contributed by atoms with Gasteiger partial charge in [0.1, 0.15) is 0 Å². The van der Waals surface area contributed by atoms with E-state index in [1.807, 2.05) is 0 Å². The van der Waals surface area contributed by atoms with Crippen molar-refractivity contribution in [1.29, 1.82) is 0 Å². The lowest BCUT2D eigenvalue weighted by molar-refractivity contribution is 0.571. The number of halogens is 2. The molecule has 0 bridgehead atoms. The topological polar surface area (TPSA) is 37.8 Å². The quantitative estimate of drug-likeness (QED) is 0.813. The van der Waals surface area contributed by atoms with Crippen LogP contribution in [0.5, 0.6) is 0 Å². The fourth-order valence-electron chi connectivity index (χ4n) is 1.20. The lowest BCUT2D eigenvalue weighted by atomic mass is 10.1. The highest BCUT2D eigenvalue weighted by Gasteiger charge is 2.07. The van der Waals surface area contributed by atoms with Crippen molar-refractivity contribution in [1.82, 2.24) is 9.97 Å². The van der Waals surface area contributed by atoms with Gasteiger partial charge in [-0.2, -0.15) is 0 Å². The number of hydrogen-bond donors (Lipinski definition) is 1. The Labute approximate surface area is 100 Å². The summed E-state index contributed by atoms with van der Waals surface area (Å²) < 4.78 is 0. The molecule has 0 aromatic carbocycles. The predicted molar refractivity (Wildman–Crippen MR) is 64.6 cm³/mol. The maximum atomic E-state index is 6.11. The SMILES string of the molecule is CC(C)CC(Cl)CNc1ncc(Cl)cn1. The van der Waals surface area contributed by atoms with E-state index in [2.05, 4.69) is 29.1 Å². The van der Waals surface area contributed by atoms with Crippen LogP contribution in [-0.4, -0.2) is 21.9 Å². The fourth-order valence-corrected chi connectivity index (χ4v) is 1.73. The zero-order chi connectivity index (χ0) is 11.3. The van der Waals surface area contributed by atoms with Gasteiger partial charge < -0.3 is 5.32 Å². The molecule has 1 aromatic rings. The standard InChI is InChI=1S/C10H15Cl2N3/c1-7(2)3-8(11)4-13-10-14-5-9(12)6-15-10/h5-8H,3-4H2,1-2H3,(H,13,14,15). The summed E-state index contributed by atoms with van der Waals surface area (Å²) in [5, 5.41) is 3.70. The molecule has 1 rings (SSSR count). The van der Waals surface area contributed by atoms with E-state index in [0.717, 1.165) is 6.42 Å². The second-order valence-corrected chi connectivity index (χ2v) is 4.89. The largest absolute Gasteiger partial charge is 0.353 e. The maximum Gasteiger partial charge on any atom is 0.222 e. The zero-order valence-electron chi connectivity index (χ0n) is 8.87. The highest BCUT2D eigenvalue weighted by atomic mass is 35.5. The molecule has 0 spiro atoms. The number of nitrogens with one attached hydrogen (secondary N) is 1. The lowest BCUT2D eigenvalue weighted by Gasteiger charge is -2.12. The van der Waals surface area contributed by atoms with Crippen LogP contribution in [-0.2, 0) is 0 Å². The van der Waals surface area contributed by atoms with Crippen LogP contribution in [0.15, 0.2) is 12.4 Å². The van der Waals surface area contributed by atoms with Gasteiger partial charge in [0.2, 0.25) is 5.95 Å². The Balaban J connectivity index is 2.33. The van der Waals surface area contributed by atoms with Crippen LogP contribution in [0, 0.1) is 5.92 Å². The molecular weight excluding hydrogens is 233 g/mol. The number of rotatable bonds is 5. The molecule has 1 N–H and O–H groups in total. The van der Waals surface area contributed by atoms with Gasteiger partial charge in [-0.3, -0.25) is 0 Å². The van der Waals surface area contributed by atoms with E-state index in [-0.39, 0.29) is 5.38 Å². The maximum absolute atomic E-state index is 6.11. The highest BCUT2D eigenvalue weighted by molar-refractivity contribution is 6.30. The molecular formula is C10H15Cl2N3. The molecule has 0 aliphatic carbocycles. The number of aromatic nitrogens is 2. The Kier molecular flexibility index (Phi) is 5.12. The summed E-state index contributed by atoms with van der Waals surface area (Å²) in [6.45, 7) is 4.96. The van der Waals surface area contributed by atoms with E-state index < -0.39 is 0 Å².